The molecular formula is C17H12F3NaO4S. The van der Waals surface area contributed by atoms with Crippen LogP contribution in [0.5, 0.6) is 0 Å². The summed E-state index contributed by atoms with van der Waals surface area (Å²) >= 11 is 0. The summed E-state index contributed by atoms with van der Waals surface area (Å²) in [5, 5.41) is 10.8. The van der Waals surface area contributed by atoms with Gasteiger partial charge in [-0.15, -0.1) is 0 Å². The summed E-state index contributed by atoms with van der Waals surface area (Å²) in [6.07, 6.45) is -4.03. The molecule has 0 amide bonds. The molecular weight excluding hydrogens is 380 g/mol. The predicted molar refractivity (Wildman–Crippen MR) is 83.5 cm³/mol. The topological polar surface area (TPSA) is 74.3 Å². The van der Waals surface area contributed by atoms with Gasteiger partial charge in [-0.2, -0.15) is 13.2 Å². The SMILES string of the molecule is CS(=O)(=O)c1cccc(-c2ccc(C(=O)/C=C(\[O-])C(F)(F)F)cc2)c1.[Na+]. The van der Waals surface area contributed by atoms with Gasteiger partial charge >= 0.3 is 35.7 Å². The molecule has 2 aromatic carbocycles. The zero-order chi connectivity index (χ0) is 18.8. The third-order valence-corrected chi connectivity index (χ3v) is 4.42. The van der Waals surface area contributed by atoms with Crippen molar-refractivity contribution in [1.29, 1.82) is 0 Å². The number of ketones is 1. The Morgan fingerprint density at radius 1 is 1.04 bits per heavy atom. The van der Waals surface area contributed by atoms with E-state index in [4.69, 9.17) is 0 Å². The minimum Gasteiger partial charge on any atom is -0.869 e. The molecule has 0 bridgehead atoms. The molecule has 0 aromatic heterocycles. The van der Waals surface area contributed by atoms with Crippen LogP contribution in [0, 0.1) is 0 Å². The second kappa shape index (κ2) is 8.39. The molecule has 0 heterocycles. The molecule has 132 valence electrons. The van der Waals surface area contributed by atoms with E-state index in [2.05, 4.69) is 0 Å². The van der Waals surface area contributed by atoms with Gasteiger partial charge in [-0.3, -0.25) is 4.79 Å². The molecule has 0 saturated heterocycles. The molecule has 2 rings (SSSR count). The Morgan fingerprint density at radius 2 is 1.62 bits per heavy atom. The Balaban J connectivity index is 0.00000338. The fourth-order valence-corrected chi connectivity index (χ4v) is 2.68. The number of halogens is 3. The van der Waals surface area contributed by atoms with Gasteiger partial charge in [0.25, 0.3) is 0 Å². The smallest absolute Gasteiger partial charge is 0.869 e. The van der Waals surface area contributed by atoms with Crippen LogP contribution in [0.2, 0.25) is 0 Å². The van der Waals surface area contributed by atoms with E-state index in [1.807, 2.05) is 0 Å². The van der Waals surface area contributed by atoms with Gasteiger partial charge in [0.15, 0.2) is 15.6 Å². The first-order valence-corrected chi connectivity index (χ1v) is 8.78. The summed E-state index contributed by atoms with van der Waals surface area (Å²) in [6, 6.07) is 11.6. The van der Waals surface area contributed by atoms with Crippen molar-refractivity contribution in [1.82, 2.24) is 0 Å². The summed E-state index contributed by atoms with van der Waals surface area (Å²) in [5.41, 5.74) is 1.06. The van der Waals surface area contributed by atoms with Gasteiger partial charge in [0.05, 0.1) is 4.90 Å². The number of alkyl halides is 3. The van der Waals surface area contributed by atoms with Gasteiger partial charge in [-0.25, -0.2) is 8.42 Å². The minimum absolute atomic E-state index is 0. The number of hydrogen-bond acceptors (Lipinski definition) is 4. The first-order valence-electron chi connectivity index (χ1n) is 6.89. The molecule has 0 aliphatic carbocycles. The van der Waals surface area contributed by atoms with Gasteiger partial charge in [0.1, 0.15) is 0 Å². The molecule has 0 aliphatic heterocycles. The van der Waals surface area contributed by atoms with Gasteiger partial charge in [0, 0.05) is 11.8 Å². The van der Waals surface area contributed by atoms with Crippen LogP contribution >= 0.6 is 0 Å². The van der Waals surface area contributed by atoms with Gasteiger partial charge < -0.3 is 5.11 Å². The van der Waals surface area contributed by atoms with Crippen molar-refractivity contribution in [2.75, 3.05) is 6.26 Å². The molecule has 2 aromatic rings. The molecule has 0 radical (unpaired) electrons. The zero-order valence-corrected chi connectivity index (χ0v) is 16.7. The first-order chi connectivity index (χ1) is 11.5. The Labute approximate surface area is 170 Å². The van der Waals surface area contributed by atoms with Crippen LogP contribution in [0.4, 0.5) is 13.2 Å². The minimum atomic E-state index is -5.10. The van der Waals surface area contributed by atoms with Crippen molar-refractivity contribution >= 4 is 15.6 Å². The summed E-state index contributed by atoms with van der Waals surface area (Å²) in [4.78, 5) is 11.8. The summed E-state index contributed by atoms with van der Waals surface area (Å²) in [5.74, 6) is -3.28. The molecule has 0 spiro atoms. The quantitative estimate of drug-likeness (QED) is 0.311. The number of carbonyl (C=O) groups excluding carboxylic acids is 1. The maximum atomic E-state index is 12.2. The largest absolute Gasteiger partial charge is 1.00 e. The molecule has 0 atom stereocenters. The number of sulfone groups is 1. The first kappa shape index (κ1) is 22.4. The third kappa shape index (κ3) is 5.70. The van der Waals surface area contributed by atoms with Crippen LogP contribution in [0.3, 0.4) is 0 Å². The fraction of sp³-hybridized carbons (Fsp3) is 0.118. The maximum Gasteiger partial charge on any atom is 1.00 e. The second-order valence-corrected chi connectivity index (χ2v) is 7.26. The van der Waals surface area contributed by atoms with Crippen molar-refractivity contribution < 1.29 is 61.0 Å². The third-order valence-electron chi connectivity index (χ3n) is 3.31. The molecule has 0 unspecified atom stereocenters. The van der Waals surface area contributed by atoms with Crippen molar-refractivity contribution in [2.45, 2.75) is 11.1 Å². The maximum absolute atomic E-state index is 12.2. The van der Waals surface area contributed by atoms with E-state index >= 15 is 0 Å². The average Bonchev–Trinajstić information content (AvgIpc) is 2.53. The van der Waals surface area contributed by atoms with Crippen molar-refractivity contribution in [2.24, 2.45) is 0 Å². The van der Waals surface area contributed by atoms with Crippen LogP contribution in [0.15, 0.2) is 65.3 Å². The van der Waals surface area contributed by atoms with Crippen LogP contribution < -0.4 is 34.7 Å². The van der Waals surface area contributed by atoms with E-state index in [9.17, 15) is 31.5 Å². The van der Waals surface area contributed by atoms with Crippen LogP contribution in [0.1, 0.15) is 10.4 Å². The average molecular weight is 392 g/mol. The molecule has 4 nitrogen and oxygen atoms in total. The van der Waals surface area contributed by atoms with Crippen LogP contribution in [-0.4, -0.2) is 26.6 Å². The van der Waals surface area contributed by atoms with E-state index in [0.717, 1.165) is 6.26 Å². The van der Waals surface area contributed by atoms with E-state index in [1.165, 1.54) is 36.4 Å². The molecule has 0 aliphatic rings. The van der Waals surface area contributed by atoms with E-state index in [0.29, 0.717) is 11.1 Å². The number of allylic oxidation sites excluding steroid dienone is 2. The summed E-state index contributed by atoms with van der Waals surface area (Å²) < 4.78 is 59.6. The molecule has 0 fully saturated rings. The van der Waals surface area contributed by atoms with Crippen molar-refractivity contribution in [3.05, 3.63) is 65.9 Å². The molecule has 9 heteroatoms. The summed E-state index contributed by atoms with van der Waals surface area (Å²) in [6.45, 7) is 0. The van der Waals surface area contributed by atoms with E-state index in [-0.39, 0.29) is 46.1 Å². The Kier molecular flexibility index (Phi) is 7.24. The standard InChI is InChI=1S/C17H13F3O4S.Na/c1-25(23,24)14-4-2-3-13(9-14)11-5-7-12(8-6-11)15(21)10-16(22)17(18,19)20;/h2-10,22H,1H3;/q;+1/p-1/b16-10-;. The second-order valence-electron chi connectivity index (χ2n) is 5.25. The van der Waals surface area contributed by atoms with Gasteiger partial charge in [0.2, 0.25) is 0 Å². The van der Waals surface area contributed by atoms with Crippen LogP contribution in [0.25, 0.3) is 11.1 Å². The molecule has 0 N–H and O–H groups in total. The zero-order valence-electron chi connectivity index (χ0n) is 13.9. The van der Waals surface area contributed by atoms with E-state index in [1.54, 1.807) is 12.1 Å². The number of benzene rings is 2. The van der Waals surface area contributed by atoms with Crippen LogP contribution in [-0.2, 0) is 9.84 Å². The van der Waals surface area contributed by atoms with Crippen molar-refractivity contribution in [3.63, 3.8) is 0 Å². The Morgan fingerprint density at radius 3 is 2.12 bits per heavy atom. The molecule has 26 heavy (non-hydrogen) atoms. The number of rotatable bonds is 4. The Bertz CT molecular complexity index is 933. The fourth-order valence-electron chi connectivity index (χ4n) is 2.02. The summed E-state index contributed by atoms with van der Waals surface area (Å²) in [7, 11) is -3.39. The van der Waals surface area contributed by atoms with E-state index < -0.39 is 27.6 Å². The Hall–Kier alpha value is -1.61. The number of carbonyl (C=O) groups is 1. The van der Waals surface area contributed by atoms with Gasteiger partial charge in [-0.05, 0) is 35.1 Å². The monoisotopic (exact) mass is 392 g/mol. The van der Waals surface area contributed by atoms with Crippen molar-refractivity contribution in [3.8, 4) is 11.1 Å². The number of hydrogen-bond donors (Lipinski definition) is 0. The van der Waals surface area contributed by atoms with Gasteiger partial charge in [-0.1, -0.05) is 36.4 Å². The normalized spacial score (nSPS) is 12.4. The molecule has 0 saturated carbocycles. The predicted octanol–water partition coefficient (Wildman–Crippen LogP) is -0.250.